The minimum absolute atomic E-state index is 0.0777. The van der Waals surface area contributed by atoms with Crippen molar-refractivity contribution in [3.63, 3.8) is 0 Å². The molecule has 0 radical (unpaired) electrons. The average Bonchev–Trinajstić information content (AvgIpc) is 3.13. The predicted octanol–water partition coefficient (Wildman–Crippen LogP) is 5.15. The van der Waals surface area contributed by atoms with Gasteiger partial charge in [0.25, 0.3) is 0 Å². The van der Waals surface area contributed by atoms with Crippen molar-refractivity contribution in [3.8, 4) is 5.75 Å². The lowest BCUT2D eigenvalue weighted by Crippen LogP contribution is -2.23. The number of methoxy groups -OCH3 is 1. The van der Waals surface area contributed by atoms with E-state index in [1.807, 2.05) is 38.1 Å². The number of ether oxygens (including phenoxy) is 2. The van der Waals surface area contributed by atoms with Crippen LogP contribution in [0, 0.1) is 12.8 Å². The largest absolute Gasteiger partial charge is 0.495 e. The summed E-state index contributed by atoms with van der Waals surface area (Å²) in [7, 11) is 3.12. The molecule has 5 nitrogen and oxygen atoms in total. The number of esters is 1. The average molecular weight is 548 g/mol. The first-order valence-corrected chi connectivity index (χ1v) is 13.5. The number of Topliss-reactive ketones (excluding diaryl/α,β-unsaturated/α-hetero) is 1. The van der Waals surface area contributed by atoms with Crippen LogP contribution in [0.5, 0.6) is 5.75 Å². The highest BCUT2D eigenvalue weighted by molar-refractivity contribution is 14.2. The molecule has 8 heteroatoms. The van der Waals surface area contributed by atoms with Gasteiger partial charge in [0, 0.05) is 23.5 Å². The summed E-state index contributed by atoms with van der Waals surface area (Å²) in [6.07, 6.45) is 0. The summed E-state index contributed by atoms with van der Waals surface area (Å²) in [5.74, 6) is 0.0945. The van der Waals surface area contributed by atoms with Crippen molar-refractivity contribution in [3.05, 3.63) is 50.7 Å². The highest BCUT2D eigenvalue weighted by atomic mass is 127. The van der Waals surface area contributed by atoms with E-state index in [1.165, 1.54) is 25.4 Å². The zero-order valence-corrected chi connectivity index (χ0v) is 20.7. The molecule has 0 fully saturated rings. The number of aliphatic hydroxyl groups excluding tert-OH is 1. The zero-order valence-electron chi connectivity index (χ0n) is 16.9. The van der Waals surface area contributed by atoms with Crippen LogP contribution in [0.1, 0.15) is 51.0 Å². The Kier molecular flexibility index (Phi) is 9.45. The first-order chi connectivity index (χ1) is 13.8. The molecule has 0 aliphatic rings. The van der Waals surface area contributed by atoms with Crippen LogP contribution >= 0.6 is 41.5 Å². The molecule has 2 unspecified atom stereocenters. The molecule has 0 aliphatic carbocycles. The molecule has 1 aromatic heterocycles. The van der Waals surface area contributed by atoms with E-state index in [-0.39, 0.29) is 24.3 Å². The highest BCUT2D eigenvalue weighted by Gasteiger charge is 2.31. The van der Waals surface area contributed by atoms with Gasteiger partial charge in [0.15, 0.2) is 5.78 Å². The Morgan fingerprint density at radius 2 is 2.03 bits per heavy atom. The van der Waals surface area contributed by atoms with E-state index in [0.29, 0.717) is 17.2 Å². The third-order valence-corrected chi connectivity index (χ3v) is 7.68. The number of aryl methyl sites for hydroxylation is 1. The first kappa shape index (κ1) is 24.2. The van der Waals surface area contributed by atoms with Crippen molar-refractivity contribution in [2.75, 3.05) is 19.5 Å². The Bertz CT molecular complexity index is 865. The number of rotatable bonds is 10. The molecule has 0 aliphatic heterocycles. The summed E-state index contributed by atoms with van der Waals surface area (Å²) in [6.45, 7) is 5.55. The van der Waals surface area contributed by atoms with Gasteiger partial charge in [0.2, 0.25) is 0 Å². The maximum atomic E-state index is 12.7. The standard InChI is InChI=1S/C21H25IO5S2/c1-12-5-6-15(9-16(12)11-23)19(13(2)21(25)27-7-8-28-22)18-10-17(26-4)20(29-18)14(3)24/h5-6,9-10,13,19,23H,7-8,11H2,1-4H3. The molecule has 1 N–H and O–H groups in total. The van der Waals surface area contributed by atoms with Crippen molar-refractivity contribution in [1.29, 1.82) is 0 Å². The highest BCUT2D eigenvalue weighted by Crippen LogP contribution is 2.41. The molecule has 2 rings (SSSR count). The molecule has 29 heavy (non-hydrogen) atoms. The predicted molar refractivity (Wildman–Crippen MR) is 126 cm³/mol. The van der Waals surface area contributed by atoms with E-state index >= 15 is 0 Å². The van der Waals surface area contributed by atoms with Gasteiger partial charge < -0.3 is 14.6 Å². The summed E-state index contributed by atoms with van der Waals surface area (Å²) >= 11 is 3.51. The normalized spacial score (nSPS) is 13.0. The number of hydrogen-bond acceptors (Lipinski definition) is 7. The Morgan fingerprint density at radius 3 is 2.59 bits per heavy atom. The molecule has 158 valence electrons. The molecule has 0 saturated carbocycles. The Morgan fingerprint density at radius 1 is 1.31 bits per heavy atom. The third-order valence-electron chi connectivity index (χ3n) is 4.74. The van der Waals surface area contributed by atoms with Crippen molar-refractivity contribution >= 4 is 53.2 Å². The molecule has 1 aromatic carbocycles. The van der Waals surface area contributed by atoms with Crippen LogP contribution in [0.15, 0.2) is 24.3 Å². The van der Waals surface area contributed by atoms with Crippen LogP contribution in [0.4, 0.5) is 0 Å². The minimum atomic E-state index is -0.466. The summed E-state index contributed by atoms with van der Waals surface area (Å²) in [5.41, 5.74) is 2.69. The summed E-state index contributed by atoms with van der Waals surface area (Å²) in [4.78, 5) is 26.2. The number of hydrogen-bond donors (Lipinski definition) is 1. The Hall–Kier alpha value is -1.10. The van der Waals surface area contributed by atoms with Crippen LogP contribution in [-0.2, 0) is 16.1 Å². The minimum Gasteiger partial charge on any atom is -0.495 e. The summed E-state index contributed by atoms with van der Waals surface area (Å²) < 4.78 is 10.8. The number of ketones is 1. The maximum Gasteiger partial charge on any atom is 0.309 e. The molecule has 2 aromatic rings. The molecule has 0 spiro atoms. The van der Waals surface area contributed by atoms with Crippen molar-refractivity contribution < 1.29 is 24.2 Å². The molecular weight excluding hydrogens is 523 g/mol. The van der Waals surface area contributed by atoms with Gasteiger partial charge in [0.05, 0.1) is 19.6 Å². The summed E-state index contributed by atoms with van der Waals surface area (Å²) in [6, 6.07) is 7.65. The fourth-order valence-corrected chi connectivity index (χ4v) is 5.08. The molecular formula is C21H25IO5S2. The van der Waals surface area contributed by atoms with Gasteiger partial charge in [-0.15, -0.1) is 11.3 Å². The Labute approximate surface area is 191 Å². The number of carbonyl (C=O) groups excluding carboxylic acids is 2. The van der Waals surface area contributed by atoms with Crippen LogP contribution < -0.4 is 4.74 Å². The topological polar surface area (TPSA) is 72.8 Å². The second kappa shape index (κ2) is 11.3. The van der Waals surface area contributed by atoms with Crippen LogP contribution in [0.25, 0.3) is 0 Å². The van der Waals surface area contributed by atoms with Gasteiger partial charge in [0.1, 0.15) is 17.2 Å². The lowest BCUT2D eigenvalue weighted by Gasteiger charge is -2.23. The van der Waals surface area contributed by atoms with E-state index < -0.39 is 5.92 Å². The quantitative estimate of drug-likeness (QED) is 0.192. The monoisotopic (exact) mass is 548 g/mol. The molecule has 0 bridgehead atoms. The third kappa shape index (κ3) is 5.96. The molecule has 0 amide bonds. The maximum absolute atomic E-state index is 12.7. The second-order valence-corrected chi connectivity index (χ2v) is 10.3. The zero-order chi connectivity index (χ0) is 21.6. The van der Waals surface area contributed by atoms with Crippen LogP contribution in [0.2, 0.25) is 0 Å². The van der Waals surface area contributed by atoms with Crippen molar-refractivity contribution in [2.45, 2.75) is 33.3 Å². The van der Waals surface area contributed by atoms with Crippen molar-refractivity contribution in [2.24, 2.45) is 5.92 Å². The number of halogens is 1. The van der Waals surface area contributed by atoms with Gasteiger partial charge in [-0.2, -0.15) is 0 Å². The molecule has 2 atom stereocenters. The van der Waals surface area contributed by atoms with Gasteiger partial charge in [-0.1, -0.05) is 34.1 Å². The lowest BCUT2D eigenvalue weighted by molar-refractivity contribution is -0.147. The first-order valence-electron chi connectivity index (χ1n) is 9.13. The van der Waals surface area contributed by atoms with Crippen molar-refractivity contribution in [1.82, 2.24) is 0 Å². The van der Waals surface area contributed by atoms with Crippen LogP contribution in [0.3, 0.4) is 0 Å². The molecule has 1 heterocycles. The Balaban J connectivity index is 2.51. The SMILES string of the molecule is COc1cc(C(c2ccc(C)c(CO)c2)C(C)C(=O)OCCSI)sc1C(C)=O. The van der Waals surface area contributed by atoms with E-state index in [2.05, 4.69) is 21.2 Å². The fraction of sp³-hybridized carbons (Fsp3) is 0.429. The molecule has 0 saturated heterocycles. The van der Waals surface area contributed by atoms with Crippen LogP contribution in [-0.4, -0.2) is 36.3 Å². The van der Waals surface area contributed by atoms with Gasteiger partial charge >= 0.3 is 5.97 Å². The smallest absolute Gasteiger partial charge is 0.309 e. The van der Waals surface area contributed by atoms with Gasteiger partial charge in [-0.05, 0) is 50.9 Å². The number of benzene rings is 1. The number of carbonyl (C=O) groups is 2. The van der Waals surface area contributed by atoms with Gasteiger partial charge in [-0.3, -0.25) is 9.59 Å². The van der Waals surface area contributed by atoms with Gasteiger partial charge in [-0.25, -0.2) is 0 Å². The number of aliphatic hydroxyl groups is 1. The van der Waals surface area contributed by atoms with E-state index in [9.17, 15) is 14.7 Å². The van der Waals surface area contributed by atoms with E-state index in [0.717, 1.165) is 27.3 Å². The fourth-order valence-electron chi connectivity index (χ4n) is 3.14. The van der Waals surface area contributed by atoms with E-state index in [4.69, 9.17) is 9.47 Å². The number of thiophene rings is 1. The second-order valence-electron chi connectivity index (χ2n) is 6.69. The lowest BCUT2D eigenvalue weighted by atomic mass is 9.84. The van der Waals surface area contributed by atoms with E-state index in [1.54, 1.807) is 8.93 Å². The summed E-state index contributed by atoms with van der Waals surface area (Å²) in [5, 5.41) is 9.69.